The lowest BCUT2D eigenvalue weighted by Crippen LogP contribution is -2.54. The minimum atomic E-state index is -0.549. The summed E-state index contributed by atoms with van der Waals surface area (Å²) in [7, 11) is 0. The van der Waals surface area contributed by atoms with Gasteiger partial charge in [-0.15, -0.1) is 0 Å². The molecule has 1 atom stereocenters. The Hall–Kier alpha value is -2.24. The van der Waals surface area contributed by atoms with E-state index in [1.54, 1.807) is 4.90 Å². The molecule has 1 unspecified atom stereocenters. The monoisotopic (exact) mass is 373 g/mol. The zero-order valence-electron chi connectivity index (χ0n) is 16.9. The van der Waals surface area contributed by atoms with Gasteiger partial charge < -0.3 is 14.5 Å². The zero-order valence-corrected chi connectivity index (χ0v) is 16.9. The van der Waals surface area contributed by atoms with Gasteiger partial charge in [-0.2, -0.15) is 0 Å². The molecular formula is C21H31N3O3. The van der Waals surface area contributed by atoms with Crippen LogP contribution in [0.1, 0.15) is 39.2 Å². The van der Waals surface area contributed by atoms with E-state index in [1.165, 1.54) is 11.3 Å². The number of hydrogen-bond donors (Lipinski definition) is 0. The molecule has 2 aliphatic heterocycles. The van der Waals surface area contributed by atoms with E-state index >= 15 is 0 Å². The molecule has 148 valence electrons. The molecule has 2 amide bonds. The molecule has 6 heteroatoms. The van der Waals surface area contributed by atoms with Crippen molar-refractivity contribution in [3.8, 4) is 0 Å². The molecule has 0 N–H and O–H groups in total. The van der Waals surface area contributed by atoms with Gasteiger partial charge in [0.1, 0.15) is 11.6 Å². The quantitative estimate of drug-likeness (QED) is 0.800. The van der Waals surface area contributed by atoms with Gasteiger partial charge >= 0.3 is 6.09 Å². The molecular weight excluding hydrogens is 342 g/mol. The lowest BCUT2D eigenvalue weighted by atomic mass is 10.1. The number of likely N-dealkylation sites (tertiary alicyclic amines) is 1. The van der Waals surface area contributed by atoms with Crippen molar-refractivity contribution in [2.75, 3.05) is 37.6 Å². The van der Waals surface area contributed by atoms with Gasteiger partial charge in [0.25, 0.3) is 0 Å². The zero-order chi connectivity index (χ0) is 19.6. The topological polar surface area (TPSA) is 53.1 Å². The fourth-order valence-electron chi connectivity index (χ4n) is 3.71. The second-order valence-corrected chi connectivity index (χ2v) is 8.48. The predicted octanol–water partition coefficient (Wildman–Crippen LogP) is 3.04. The summed E-state index contributed by atoms with van der Waals surface area (Å²) in [5.41, 5.74) is 1.90. The molecule has 0 spiro atoms. The molecule has 2 aliphatic rings. The highest BCUT2D eigenvalue weighted by Crippen LogP contribution is 2.24. The van der Waals surface area contributed by atoms with Crippen molar-refractivity contribution in [3.63, 3.8) is 0 Å². The molecule has 2 heterocycles. The van der Waals surface area contributed by atoms with Crippen molar-refractivity contribution in [3.05, 3.63) is 29.8 Å². The lowest BCUT2D eigenvalue weighted by Gasteiger charge is -2.38. The van der Waals surface area contributed by atoms with Gasteiger partial charge in [0.15, 0.2) is 0 Å². The van der Waals surface area contributed by atoms with Crippen LogP contribution in [0.4, 0.5) is 10.5 Å². The number of benzene rings is 1. The van der Waals surface area contributed by atoms with Crippen LogP contribution >= 0.6 is 0 Å². The van der Waals surface area contributed by atoms with E-state index in [0.717, 1.165) is 25.9 Å². The van der Waals surface area contributed by atoms with E-state index < -0.39 is 5.60 Å². The van der Waals surface area contributed by atoms with Gasteiger partial charge in [0.2, 0.25) is 5.91 Å². The van der Waals surface area contributed by atoms with E-state index in [2.05, 4.69) is 36.1 Å². The molecule has 3 rings (SSSR count). The smallest absolute Gasteiger partial charge is 0.410 e. The Morgan fingerprint density at radius 2 is 1.63 bits per heavy atom. The van der Waals surface area contributed by atoms with E-state index in [0.29, 0.717) is 19.6 Å². The van der Waals surface area contributed by atoms with Crippen molar-refractivity contribution < 1.29 is 14.3 Å². The number of hydrogen-bond acceptors (Lipinski definition) is 4. The number of nitrogens with zero attached hydrogens (tertiary/aromatic N) is 3. The molecule has 1 aromatic carbocycles. The summed E-state index contributed by atoms with van der Waals surface area (Å²) in [6.45, 7) is 11.2. The SMILES string of the molecule is Cc1ccc(N2CCN(C(=O)C3CCCN3C(=O)OC(C)(C)C)CC2)cc1. The highest BCUT2D eigenvalue weighted by molar-refractivity contribution is 5.86. The number of amides is 2. The van der Waals surface area contributed by atoms with Crippen molar-refractivity contribution in [1.29, 1.82) is 0 Å². The number of ether oxygens (including phenoxy) is 1. The van der Waals surface area contributed by atoms with Crippen LogP contribution in [-0.2, 0) is 9.53 Å². The summed E-state index contributed by atoms with van der Waals surface area (Å²) < 4.78 is 5.48. The van der Waals surface area contributed by atoms with Crippen LogP contribution in [0, 0.1) is 6.92 Å². The van der Waals surface area contributed by atoms with Crippen molar-refractivity contribution in [2.24, 2.45) is 0 Å². The van der Waals surface area contributed by atoms with Crippen LogP contribution in [0.25, 0.3) is 0 Å². The number of carbonyl (C=O) groups is 2. The molecule has 27 heavy (non-hydrogen) atoms. The van der Waals surface area contributed by atoms with Crippen LogP contribution < -0.4 is 4.90 Å². The Kier molecular flexibility index (Phi) is 5.63. The predicted molar refractivity (Wildman–Crippen MR) is 106 cm³/mol. The van der Waals surface area contributed by atoms with Crippen molar-refractivity contribution in [2.45, 2.75) is 52.2 Å². The van der Waals surface area contributed by atoms with Crippen LogP contribution in [0.2, 0.25) is 0 Å². The Morgan fingerprint density at radius 3 is 2.22 bits per heavy atom. The molecule has 1 aromatic rings. The van der Waals surface area contributed by atoms with Crippen LogP contribution in [0.15, 0.2) is 24.3 Å². The average Bonchev–Trinajstić information content (AvgIpc) is 3.10. The highest BCUT2D eigenvalue weighted by atomic mass is 16.6. The maximum absolute atomic E-state index is 13.0. The summed E-state index contributed by atoms with van der Waals surface area (Å²) in [6.07, 6.45) is 1.19. The third kappa shape index (κ3) is 4.73. The fourth-order valence-corrected chi connectivity index (χ4v) is 3.71. The van der Waals surface area contributed by atoms with Gasteiger partial charge in [-0.1, -0.05) is 17.7 Å². The Morgan fingerprint density at radius 1 is 1.00 bits per heavy atom. The van der Waals surface area contributed by atoms with Crippen LogP contribution in [0.5, 0.6) is 0 Å². The Bertz CT molecular complexity index is 673. The van der Waals surface area contributed by atoms with E-state index in [4.69, 9.17) is 4.74 Å². The van der Waals surface area contributed by atoms with Gasteiger partial charge in [-0.05, 0) is 52.7 Å². The lowest BCUT2D eigenvalue weighted by molar-refractivity contribution is -0.136. The molecule has 2 saturated heterocycles. The molecule has 0 saturated carbocycles. The molecule has 6 nitrogen and oxygen atoms in total. The second kappa shape index (κ2) is 7.79. The average molecular weight is 373 g/mol. The normalized spacial score (nSPS) is 20.7. The highest BCUT2D eigenvalue weighted by Gasteiger charge is 2.39. The fraction of sp³-hybridized carbons (Fsp3) is 0.619. The first-order valence-corrected chi connectivity index (χ1v) is 9.84. The summed E-state index contributed by atoms with van der Waals surface area (Å²) in [5, 5.41) is 0. The van der Waals surface area contributed by atoms with Gasteiger partial charge in [0.05, 0.1) is 0 Å². The number of carbonyl (C=O) groups excluding carboxylic acids is 2. The third-order valence-corrected chi connectivity index (χ3v) is 5.16. The summed E-state index contributed by atoms with van der Waals surface area (Å²) >= 11 is 0. The summed E-state index contributed by atoms with van der Waals surface area (Å²) in [6, 6.07) is 8.11. The van der Waals surface area contributed by atoms with Crippen LogP contribution in [-0.4, -0.2) is 66.2 Å². The van der Waals surface area contributed by atoms with Crippen LogP contribution in [0.3, 0.4) is 0 Å². The minimum Gasteiger partial charge on any atom is -0.444 e. The first-order chi connectivity index (χ1) is 12.7. The Labute approximate surface area is 162 Å². The van der Waals surface area contributed by atoms with Gasteiger partial charge in [0, 0.05) is 38.4 Å². The largest absolute Gasteiger partial charge is 0.444 e. The first-order valence-electron chi connectivity index (χ1n) is 9.84. The standard InChI is InChI=1S/C21H31N3O3/c1-16-7-9-17(10-8-16)22-12-14-23(15-13-22)19(25)18-6-5-11-24(18)20(26)27-21(2,3)4/h7-10,18H,5-6,11-15H2,1-4H3. The number of rotatable bonds is 2. The van der Waals surface area contributed by atoms with E-state index in [1.807, 2.05) is 25.7 Å². The van der Waals surface area contributed by atoms with Gasteiger partial charge in [-0.25, -0.2) is 4.79 Å². The Balaban J connectivity index is 1.58. The maximum Gasteiger partial charge on any atom is 0.410 e. The van der Waals surface area contributed by atoms with Crippen molar-refractivity contribution >= 4 is 17.7 Å². The van der Waals surface area contributed by atoms with Gasteiger partial charge in [-0.3, -0.25) is 9.69 Å². The van der Waals surface area contributed by atoms with E-state index in [9.17, 15) is 9.59 Å². The molecule has 0 aromatic heterocycles. The first kappa shape index (κ1) is 19.5. The second-order valence-electron chi connectivity index (χ2n) is 8.48. The maximum atomic E-state index is 13.0. The summed E-state index contributed by atoms with van der Waals surface area (Å²) in [4.78, 5) is 31.3. The number of aryl methyl sites for hydroxylation is 1. The minimum absolute atomic E-state index is 0.0573. The third-order valence-electron chi connectivity index (χ3n) is 5.16. The summed E-state index contributed by atoms with van der Waals surface area (Å²) in [5.74, 6) is 0.0573. The molecule has 2 fully saturated rings. The molecule has 0 radical (unpaired) electrons. The number of piperazine rings is 1. The van der Waals surface area contributed by atoms with Crippen molar-refractivity contribution in [1.82, 2.24) is 9.80 Å². The molecule has 0 bridgehead atoms. The van der Waals surface area contributed by atoms with E-state index in [-0.39, 0.29) is 18.0 Å². The number of anilines is 1. The molecule has 0 aliphatic carbocycles.